The minimum Gasteiger partial charge on any atom is -0.336 e. The van der Waals surface area contributed by atoms with Crippen molar-refractivity contribution in [2.24, 2.45) is 0 Å². The highest BCUT2D eigenvalue weighted by Crippen LogP contribution is 2.17. The quantitative estimate of drug-likeness (QED) is 0.797. The molecule has 0 aliphatic carbocycles. The van der Waals surface area contributed by atoms with E-state index in [1.54, 1.807) is 0 Å². The van der Waals surface area contributed by atoms with Crippen molar-refractivity contribution in [2.45, 2.75) is 45.3 Å². The first-order chi connectivity index (χ1) is 13.7. The maximum atomic E-state index is 13.0. The second-order valence-corrected chi connectivity index (χ2v) is 7.81. The number of amides is 1. The Labute approximate surface area is 178 Å². The van der Waals surface area contributed by atoms with Gasteiger partial charge in [0.25, 0.3) is 5.91 Å². The number of halogens is 1. The number of hydrogen-bond donors (Lipinski definition) is 1. The summed E-state index contributed by atoms with van der Waals surface area (Å²) in [6.07, 6.45) is 9.29. The average Bonchev–Trinajstić information content (AvgIpc) is 3.34. The summed E-state index contributed by atoms with van der Waals surface area (Å²) in [7, 11) is 0. The van der Waals surface area contributed by atoms with Gasteiger partial charge in [0, 0.05) is 63.8 Å². The van der Waals surface area contributed by atoms with Gasteiger partial charge in [-0.25, -0.2) is 0 Å². The number of rotatable bonds is 5. The second kappa shape index (κ2) is 10.2. The first-order valence-corrected chi connectivity index (χ1v) is 10.5. The van der Waals surface area contributed by atoms with Crippen LogP contribution >= 0.6 is 12.4 Å². The molecule has 1 atom stereocenters. The van der Waals surface area contributed by atoms with Crippen molar-refractivity contribution in [3.63, 3.8) is 0 Å². The molecule has 4 rings (SSSR count). The Bertz CT molecular complexity index is 783. The minimum absolute atomic E-state index is 0. The monoisotopic (exact) mass is 421 g/mol. The molecule has 0 saturated carbocycles. The summed E-state index contributed by atoms with van der Waals surface area (Å²) in [4.78, 5) is 17.3. The van der Waals surface area contributed by atoms with Gasteiger partial charge in [-0.15, -0.1) is 12.4 Å². The Morgan fingerprint density at radius 2 is 2.14 bits per heavy atom. The van der Waals surface area contributed by atoms with Gasteiger partial charge in [0.1, 0.15) is 5.69 Å². The van der Waals surface area contributed by atoms with E-state index in [1.807, 2.05) is 32.7 Å². The highest BCUT2D eigenvalue weighted by Gasteiger charge is 2.23. The van der Waals surface area contributed by atoms with Crippen molar-refractivity contribution in [3.8, 4) is 0 Å². The highest BCUT2D eigenvalue weighted by atomic mass is 35.5. The van der Waals surface area contributed by atoms with Crippen LogP contribution in [0.4, 0.5) is 0 Å². The van der Waals surface area contributed by atoms with Gasteiger partial charge in [-0.3, -0.25) is 19.1 Å². The van der Waals surface area contributed by atoms with Crippen LogP contribution in [0.3, 0.4) is 0 Å². The number of nitrogens with one attached hydrogen (secondary N) is 1. The summed E-state index contributed by atoms with van der Waals surface area (Å²) in [5.41, 5.74) is 1.81. The normalized spacial score (nSPS) is 20.9. The third-order valence-corrected chi connectivity index (χ3v) is 5.77. The maximum Gasteiger partial charge on any atom is 0.274 e. The van der Waals surface area contributed by atoms with Crippen LogP contribution in [0.1, 0.15) is 48.3 Å². The van der Waals surface area contributed by atoms with Crippen molar-refractivity contribution in [1.82, 2.24) is 34.7 Å². The van der Waals surface area contributed by atoms with E-state index >= 15 is 0 Å². The van der Waals surface area contributed by atoms with Crippen molar-refractivity contribution in [3.05, 3.63) is 35.9 Å². The zero-order valence-electron chi connectivity index (χ0n) is 17.2. The van der Waals surface area contributed by atoms with Gasteiger partial charge in [0.15, 0.2) is 0 Å². The van der Waals surface area contributed by atoms with Gasteiger partial charge in [-0.1, -0.05) is 0 Å². The Morgan fingerprint density at radius 1 is 1.24 bits per heavy atom. The molecule has 1 N–H and O–H groups in total. The molecule has 2 aromatic rings. The fourth-order valence-corrected chi connectivity index (χ4v) is 4.13. The molecule has 1 unspecified atom stereocenters. The van der Waals surface area contributed by atoms with E-state index in [4.69, 9.17) is 0 Å². The standard InChI is InChI=1S/C20H31N7O.ClH/c1-2-26-16-17(13-22-26)15-24-8-4-9-25(12-11-24)20(28)19-6-10-27(23-19)18-5-3-7-21-14-18;/h6,10,13,16,18,21H,2-5,7-9,11-12,14-15H2,1H3;1H. The Morgan fingerprint density at radius 3 is 2.90 bits per heavy atom. The molecular weight excluding hydrogens is 390 g/mol. The maximum absolute atomic E-state index is 13.0. The molecule has 0 aromatic carbocycles. The lowest BCUT2D eigenvalue weighted by molar-refractivity contribution is 0.0753. The summed E-state index contributed by atoms with van der Waals surface area (Å²) in [6.45, 7) is 9.32. The summed E-state index contributed by atoms with van der Waals surface area (Å²) in [5, 5.41) is 12.4. The summed E-state index contributed by atoms with van der Waals surface area (Å²) in [5.74, 6) is 0.0585. The van der Waals surface area contributed by atoms with Gasteiger partial charge in [-0.2, -0.15) is 10.2 Å². The third-order valence-electron chi connectivity index (χ3n) is 5.77. The van der Waals surface area contributed by atoms with Gasteiger partial charge in [0.2, 0.25) is 0 Å². The first-order valence-electron chi connectivity index (χ1n) is 10.5. The van der Waals surface area contributed by atoms with E-state index in [0.29, 0.717) is 11.7 Å². The largest absolute Gasteiger partial charge is 0.336 e. The summed E-state index contributed by atoms with van der Waals surface area (Å²) >= 11 is 0. The van der Waals surface area contributed by atoms with Gasteiger partial charge >= 0.3 is 0 Å². The predicted molar refractivity (Wildman–Crippen MR) is 114 cm³/mol. The van der Waals surface area contributed by atoms with Crippen LogP contribution in [0, 0.1) is 0 Å². The topological polar surface area (TPSA) is 71.2 Å². The molecule has 8 nitrogen and oxygen atoms in total. The molecule has 0 spiro atoms. The number of aromatic nitrogens is 4. The van der Waals surface area contributed by atoms with Crippen LogP contribution in [-0.4, -0.2) is 74.5 Å². The van der Waals surface area contributed by atoms with Crippen molar-refractivity contribution < 1.29 is 4.79 Å². The molecule has 2 aromatic heterocycles. The van der Waals surface area contributed by atoms with E-state index in [-0.39, 0.29) is 18.3 Å². The fourth-order valence-electron chi connectivity index (χ4n) is 4.13. The second-order valence-electron chi connectivity index (χ2n) is 7.81. The number of nitrogens with zero attached hydrogens (tertiary/aromatic N) is 6. The molecule has 0 bridgehead atoms. The van der Waals surface area contributed by atoms with Crippen LogP contribution < -0.4 is 5.32 Å². The molecule has 2 aliphatic heterocycles. The lowest BCUT2D eigenvalue weighted by Gasteiger charge is -2.23. The summed E-state index contributed by atoms with van der Waals surface area (Å²) in [6, 6.07) is 2.23. The number of carbonyl (C=O) groups excluding carboxylic acids is 1. The smallest absolute Gasteiger partial charge is 0.274 e. The van der Waals surface area contributed by atoms with Gasteiger partial charge in [-0.05, 0) is 38.8 Å². The molecule has 1 amide bonds. The average molecular weight is 422 g/mol. The lowest BCUT2D eigenvalue weighted by Crippen LogP contribution is -2.35. The first kappa shape index (κ1) is 21.8. The van der Waals surface area contributed by atoms with Crippen LogP contribution in [0.25, 0.3) is 0 Å². The summed E-state index contributed by atoms with van der Waals surface area (Å²) < 4.78 is 3.93. The highest BCUT2D eigenvalue weighted by molar-refractivity contribution is 5.92. The molecule has 0 radical (unpaired) electrons. The van der Waals surface area contributed by atoms with Crippen LogP contribution in [0.15, 0.2) is 24.7 Å². The molecular formula is C20H32ClN7O. The van der Waals surface area contributed by atoms with E-state index in [1.165, 1.54) is 5.56 Å². The number of carbonyl (C=O) groups is 1. The molecule has 2 fully saturated rings. The Hall–Kier alpha value is -1.90. The van der Waals surface area contributed by atoms with Crippen molar-refractivity contribution in [2.75, 3.05) is 39.3 Å². The third kappa shape index (κ3) is 5.38. The van der Waals surface area contributed by atoms with E-state index < -0.39 is 0 Å². The molecule has 4 heterocycles. The number of hydrogen-bond acceptors (Lipinski definition) is 5. The number of piperidine rings is 1. The lowest BCUT2D eigenvalue weighted by atomic mass is 10.1. The Kier molecular flexibility index (Phi) is 7.69. The van der Waals surface area contributed by atoms with E-state index in [9.17, 15) is 4.79 Å². The van der Waals surface area contributed by atoms with Crippen molar-refractivity contribution in [1.29, 1.82) is 0 Å². The van der Waals surface area contributed by atoms with Crippen LogP contribution in [-0.2, 0) is 13.1 Å². The molecule has 160 valence electrons. The van der Waals surface area contributed by atoms with Crippen molar-refractivity contribution >= 4 is 18.3 Å². The molecule has 2 aliphatic rings. The van der Waals surface area contributed by atoms with Gasteiger partial charge < -0.3 is 10.2 Å². The predicted octanol–water partition coefficient (Wildman–Crippen LogP) is 1.79. The SMILES string of the molecule is CCn1cc(CN2CCCN(C(=O)c3ccn(C4CCCNC4)n3)CC2)cn1.Cl. The molecule has 29 heavy (non-hydrogen) atoms. The zero-order valence-corrected chi connectivity index (χ0v) is 18.0. The molecule has 9 heteroatoms. The number of aryl methyl sites for hydroxylation is 1. The fraction of sp³-hybridized carbons (Fsp3) is 0.650. The van der Waals surface area contributed by atoms with Gasteiger partial charge in [0.05, 0.1) is 12.2 Å². The van der Waals surface area contributed by atoms with E-state index in [0.717, 1.165) is 71.6 Å². The zero-order chi connectivity index (χ0) is 19.3. The Balaban J connectivity index is 0.00000240. The molecule has 2 saturated heterocycles. The van der Waals surface area contributed by atoms with Crippen LogP contribution in [0.5, 0.6) is 0 Å². The van der Waals surface area contributed by atoms with E-state index in [2.05, 4.69) is 33.5 Å². The van der Waals surface area contributed by atoms with Crippen LogP contribution in [0.2, 0.25) is 0 Å². The minimum atomic E-state index is 0.